The minimum atomic E-state index is -0.412. The second-order valence-corrected chi connectivity index (χ2v) is 6.15. The van der Waals surface area contributed by atoms with Crippen LogP contribution in [0.15, 0.2) is 42.5 Å². The largest absolute Gasteiger partial charge is 0.497 e. The molecule has 2 aromatic carbocycles. The maximum absolute atomic E-state index is 12.4. The van der Waals surface area contributed by atoms with E-state index in [0.29, 0.717) is 10.7 Å². The predicted molar refractivity (Wildman–Crippen MR) is 101 cm³/mol. The molecule has 0 aliphatic heterocycles. The van der Waals surface area contributed by atoms with E-state index in [9.17, 15) is 4.79 Å². The van der Waals surface area contributed by atoms with Crippen molar-refractivity contribution in [2.24, 2.45) is 0 Å². The zero-order valence-electron chi connectivity index (χ0n) is 14.8. The van der Waals surface area contributed by atoms with Crippen LogP contribution >= 0.6 is 11.6 Å². The van der Waals surface area contributed by atoms with Crippen molar-refractivity contribution in [1.29, 1.82) is 0 Å². The van der Waals surface area contributed by atoms with Gasteiger partial charge in [0.15, 0.2) is 0 Å². The van der Waals surface area contributed by atoms with Gasteiger partial charge in [-0.1, -0.05) is 17.7 Å². The Labute approximate surface area is 153 Å². The number of hydrogen-bond acceptors (Lipinski definition) is 4. The zero-order chi connectivity index (χ0) is 18.4. The number of methoxy groups -OCH3 is 2. The van der Waals surface area contributed by atoms with E-state index in [2.05, 4.69) is 10.6 Å². The van der Waals surface area contributed by atoms with Gasteiger partial charge >= 0.3 is 0 Å². The minimum Gasteiger partial charge on any atom is -0.497 e. The van der Waals surface area contributed by atoms with Crippen molar-refractivity contribution in [3.8, 4) is 11.5 Å². The molecular formula is C19H23ClN2O3. The van der Waals surface area contributed by atoms with Gasteiger partial charge in [-0.05, 0) is 50.2 Å². The standard InChI is InChI=1S/C19H23ClN2O3/c1-12(17-11-16(24-3)8-9-18(17)25-4)21-13(2)19(23)22-15-7-5-6-14(20)10-15/h5-13,21H,1-4H3,(H,22,23). The molecule has 0 saturated heterocycles. The number of hydrogen-bond donors (Lipinski definition) is 2. The second kappa shape index (κ2) is 8.74. The van der Waals surface area contributed by atoms with Gasteiger partial charge in [0.1, 0.15) is 11.5 Å². The zero-order valence-corrected chi connectivity index (χ0v) is 15.6. The molecule has 0 spiro atoms. The molecule has 0 saturated carbocycles. The summed E-state index contributed by atoms with van der Waals surface area (Å²) in [7, 11) is 3.23. The van der Waals surface area contributed by atoms with Crippen LogP contribution in [0.3, 0.4) is 0 Å². The van der Waals surface area contributed by atoms with Gasteiger partial charge in [0.2, 0.25) is 5.91 Å². The number of rotatable bonds is 7. The van der Waals surface area contributed by atoms with E-state index in [1.165, 1.54) is 0 Å². The monoisotopic (exact) mass is 362 g/mol. The number of benzene rings is 2. The normalized spacial score (nSPS) is 13.0. The minimum absolute atomic E-state index is 0.106. The van der Waals surface area contributed by atoms with Crippen LogP contribution in [0.2, 0.25) is 5.02 Å². The molecule has 0 heterocycles. The third-order valence-electron chi connectivity index (χ3n) is 3.89. The fourth-order valence-corrected chi connectivity index (χ4v) is 2.73. The SMILES string of the molecule is COc1ccc(OC)c(C(C)NC(C)C(=O)Nc2cccc(Cl)c2)c1. The van der Waals surface area contributed by atoms with E-state index in [0.717, 1.165) is 17.1 Å². The summed E-state index contributed by atoms with van der Waals surface area (Å²) in [6, 6.07) is 12.1. The smallest absolute Gasteiger partial charge is 0.241 e. The summed E-state index contributed by atoms with van der Waals surface area (Å²) in [5, 5.41) is 6.70. The molecule has 2 N–H and O–H groups in total. The average molecular weight is 363 g/mol. The quantitative estimate of drug-likeness (QED) is 0.780. The summed E-state index contributed by atoms with van der Waals surface area (Å²) in [6.07, 6.45) is 0. The van der Waals surface area contributed by atoms with Crippen molar-refractivity contribution in [3.63, 3.8) is 0 Å². The summed E-state index contributed by atoms with van der Waals surface area (Å²) in [5.74, 6) is 1.33. The van der Waals surface area contributed by atoms with Crippen molar-refractivity contribution in [3.05, 3.63) is 53.1 Å². The first-order valence-corrected chi connectivity index (χ1v) is 8.36. The molecule has 2 rings (SSSR count). The topological polar surface area (TPSA) is 59.6 Å². The van der Waals surface area contributed by atoms with E-state index >= 15 is 0 Å². The van der Waals surface area contributed by atoms with E-state index < -0.39 is 6.04 Å². The van der Waals surface area contributed by atoms with Crippen LogP contribution in [0, 0.1) is 0 Å². The van der Waals surface area contributed by atoms with E-state index in [1.54, 1.807) is 38.5 Å². The van der Waals surface area contributed by atoms with Crippen LogP contribution in [0.4, 0.5) is 5.69 Å². The van der Waals surface area contributed by atoms with Gasteiger partial charge in [0.05, 0.1) is 20.3 Å². The number of halogens is 1. The Kier molecular flexibility index (Phi) is 6.67. The summed E-state index contributed by atoms with van der Waals surface area (Å²) >= 11 is 5.94. The molecule has 0 fully saturated rings. The Hall–Kier alpha value is -2.24. The average Bonchev–Trinajstić information content (AvgIpc) is 2.60. The summed E-state index contributed by atoms with van der Waals surface area (Å²) in [6.45, 7) is 3.78. The highest BCUT2D eigenvalue weighted by atomic mass is 35.5. The lowest BCUT2D eigenvalue weighted by Gasteiger charge is -2.22. The molecule has 0 aliphatic rings. The molecule has 1 amide bonds. The second-order valence-electron chi connectivity index (χ2n) is 5.72. The highest BCUT2D eigenvalue weighted by molar-refractivity contribution is 6.30. The van der Waals surface area contributed by atoms with Crippen molar-refractivity contribution < 1.29 is 14.3 Å². The maximum atomic E-state index is 12.4. The summed E-state index contributed by atoms with van der Waals surface area (Å²) in [4.78, 5) is 12.4. The molecule has 6 heteroatoms. The van der Waals surface area contributed by atoms with E-state index in [1.807, 2.05) is 32.0 Å². The van der Waals surface area contributed by atoms with Crippen molar-refractivity contribution >= 4 is 23.2 Å². The molecule has 25 heavy (non-hydrogen) atoms. The highest BCUT2D eigenvalue weighted by Crippen LogP contribution is 2.29. The summed E-state index contributed by atoms with van der Waals surface area (Å²) < 4.78 is 10.7. The van der Waals surface area contributed by atoms with Gasteiger partial charge < -0.3 is 14.8 Å². The lowest BCUT2D eigenvalue weighted by molar-refractivity contribution is -0.117. The van der Waals surface area contributed by atoms with Crippen LogP contribution in [0.5, 0.6) is 11.5 Å². The predicted octanol–water partition coefficient (Wildman–Crippen LogP) is 4.04. The third-order valence-corrected chi connectivity index (χ3v) is 4.12. The Bertz CT molecular complexity index is 736. The van der Waals surface area contributed by atoms with Crippen LogP contribution < -0.4 is 20.1 Å². The number of ether oxygens (including phenoxy) is 2. The van der Waals surface area contributed by atoms with Gasteiger partial charge in [-0.25, -0.2) is 0 Å². The molecular weight excluding hydrogens is 340 g/mol. The molecule has 2 atom stereocenters. The molecule has 0 bridgehead atoms. The number of carbonyl (C=O) groups excluding carboxylic acids is 1. The van der Waals surface area contributed by atoms with Crippen molar-refractivity contribution in [2.75, 3.05) is 19.5 Å². The molecule has 134 valence electrons. The Balaban J connectivity index is 2.06. The van der Waals surface area contributed by atoms with Crippen LogP contribution in [0.1, 0.15) is 25.5 Å². The Morgan fingerprint density at radius 1 is 1.08 bits per heavy atom. The molecule has 2 aromatic rings. The lowest BCUT2D eigenvalue weighted by Crippen LogP contribution is -2.39. The van der Waals surface area contributed by atoms with Crippen molar-refractivity contribution in [1.82, 2.24) is 5.32 Å². The van der Waals surface area contributed by atoms with Gasteiger partial charge in [-0.2, -0.15) is 0 Å². The van der Waals surface area contributed by atoms with Gasteiger partial charge in [-0.3, -0.25) is 10.1 Å². The third kappa shape index (κ3) is 5.11. The number of anilines is 1. The van der Waals surface area contributed by atoms with Crippen LogP contribution in [-0.4, -0.2) is 26.2 Å². The highest BCUT2D eigenvalue weighted by Gasteiger charge is 2.19. The number of nitrogens with one attached hydrogen (secondary N) is 2. The van der Waals surface area contributed by atoms with Crippen LogP contribution in [0.25, 0.3) is 0 Å². The first kappa shape index (κ1) is 19.1. The van der Waals surface area contributed by atoms with Crippen molar-refractivity contribution in [2.45, 2.75) is 25.9 Å². The maximum Gasteiger partial charge on any atom is 0.241 e. The molecule has 0 radical (unpaired) electrons. The van der Waals surface area contributed by atoms with Crippen LogP contribution in [-0.2, 0) is 4.79 Å². The van der Waals surface area contributed by atoms with E-state index in [4.69, 9.17) is 21.1 Å². The number of amides is 1. The van der Waals surface area contributed by atoms with Gasteiger partial charge in [-0.15, -0.1) is 0 Å². The number of carbonyl (C=O) groups is 1. The Morgan fingerprint density at radius 2 is 1.84 bits per heavy atom. The van der Waals surface area contributed by atoms with E-state index in [-0.39, 0.29) is 11.9 Å². The Morgan fingerprint density at radius 3 is 2.48 bits per heavy atom. The molecule has 2 unspecified atom stereocenters. The summed E-state index contributed by atoms with van der Waals surface area (Å²) in [5.41, 5.74) is 1.59. The first-order valence-electron chi connectivity index (χ1n) is 7.99. The molecule has 0 aliphatic carbocycles. The van der Waals surface area contributed by atoms with Gasteiger partial charge in [0, 0.05) is 22.3 Å². The fraction of sp³-hybridized carbons (Fsp3) is 0.316. The van der Waals surface area contributed by atoms with Gasteiger partial charge in [0.25, 0.3) is 0 Å². The fourth-order valence-electron chi connectivity index (χ4n) is 2.54. The molecule has 5 nitrogen and oxygen atoms in total. The lowest BCUT2D eigenvalue weighted by atomic mass is 10.1. The molecule has 0 aromatic heterocycles. The first-order chi connectivity index (χ1) is 11.9.